The predicted octanol–water partition coefficient (Wildman–Crippen LogP) is 3.46. The van der Waals surface area contributed by atoms with E-state index >= 15 is 0 Å². The molecule has 1 heterocycles. The van der Waals surface area contributed by atoms with Crippen LogP contribution in [0.15, 0.2) is 17.0 Å². The van der Waals surface area contributed by atoms with E-state index in [1.807, 2.05) is 19.9 Å². The average Bonchev–Trinajstić information content (AvgIpc) is 2.39. The molecule has 0 radical (unpaired) electrons. The molecule has 0 aliphatic carbocycles. The lowest BCUT2D eigenvalue weighted by molar-refractivity contribution is 0.288. The van der Waals surface area contributed by atoms with Crippen molar-refractivity contribution in [2.24, 2.45) is 5.92 Å². The van der Waals surface area contributed by atoms with Crippen LogP contribution in [0, 0.1) is 19.8 Å². The summed E-state index contributed by atoms with van der Waals surface area (Å²) in [4.78, 5) is 0.410. The Morgan fingerprint density at radius 3 is 2.35 bits per heavy atom. The second kappa shape index (κ2) is 6.04. The van der Waals surface area contributed by atoms with E-state index < -0.39 is 10.0 Å². The Bertz CT molecular complexity index is 590. The highest BCUT2D eigenvalue weighted by molar-refractivity contribution is 7.89. The molecule has 0 amide bonds. The summed E-state index contributed by atoms with van der Waals surface area (Å²) in [5.74, 6) is 0.949. The minimum atomic E-state index is -3.39. The van der Waals surface area contributed by atoms with Gasteiger partial charge >= 0.3 is 0 Å². The SMILES string of the molecule is Cc1cc(C)c(S(=O)(=O)N2CCC(C)CC2)cc1CCl. The van der Waals surface area contributed by atoms with Gasteiger partial charge in [0.05, 0.1) is 4.90 Å². The van der Waals surface area contributed by atoms with Crippen molar-refractivity contribution in [2.45, 2.75) is 44.4 Å². The number of halogens is 1. The van der Waals surface area contributed by atoms with E-state index in [0.717, 1.165) is 29.5 Å². The molecule has 20 heavy (non-hydrogen) atoms. The fraction of sp³-hybridized carbons (Fsp3) is 0.600. The molecule has 0 N–H and O–H groups in total. The molecule has 0 spiro atoms. The quantitative estimate of drug-likeness (QED) is 0.801. The van der Waals surface area contributed by atoms with Crippen LogP contribution in [0.4, 0.5) is 0 Å². The minimum absolute atomic E-state index is 0.339. The van der Waals surface area contributed by atoms with E-state index in [0.29, 0.717) is 29.8 Å². The smallest absolute Gasteiger partial charge is 0.207 e. The van der Waals surface area contributed by atoms with Gasteiger partial charge in [0.2, 0.25) is 10.0 Å². The summed E-state index contributed by atoms with van der Waals surface area (Å²) in [6, 6.07) is 3.65. The standard InChI is InChI=1S/C15H22ClNO2S/c1-11-4-6-17(7-5-11)20(18,19)15-9-14(10-16)12(2)8-13(15)3/h8-9,11H,4-7,10H2,1-3H3. The van der Waals surface area contributed by atoms with Crippen LogP contribution in [-0.4, -0.2) is 25.8 Å². The summed E-state index contributed by atoms with van der Waals surface area (Å²) in [5, 5.41) is 0. The van der Waals surface area contributed by atoms with Crippen LogP contribution in [0.5, 0.6) is 0 Å². The van der Waals surface area contributed by atoms with Gasteiger partial charge in [-0.05, 0) is 55.4 Å². The average molecular weight is 316 g/mol. The van der Waals surface area contributed by atoms with E-state index in [-0.39, 0.29) is 0 Å². The monoisotopic (exact) mass is 315 g/mol. The van der Waals surface area contributed by atoms with Crippen LogP contribution >= 0.6 is 11.6 Å². The van der Waals surface area contributed by atoms with E-state index in [1.165, 1.54) is 0 Å². The van der Waals surface area contributed by atoms with Crippen LogP contribution in [0.1, 0.15) is 36.5 Å². The summed E-state index contributed by atoms with van der Waals surface area (Å²) < 4.78 is 27.2. The Balaban J connectivity index is 2.39. The summed E-state index contributed by atoms with van der Waals surface area (Å²) in [6.07, 6.45) is 1.87. The van der Waals surface area contributed by atoms with Crippen molar-refractivity contribution in [3.63, 3.8) is 0 Å². The molecule has 1 aromatic carbocycles. The van der Waals surface area contributed by atoms with Gasteiger partial charge in [-0.25, -0.2) is 8.42 Å². The molecule has 0 aromatic heterocycles. The van der Waals surface area contributed by atoms with Crippen molar-refractivity contribution in [1.29, 1.82) is 0 Å². The number of benzene rings is 1. The molecular weight excluding hydrogens is 294 g/mol. The largest absolute Gasteiger partial charge is 0.243 e. The molecule has 0 unspecified atom stereocenters. The molecule has 0 bridgehead atoms. The van der Waals surface area contributed by atoms with Gasteiger partial charge in [-0.2, -0.15) is 4.31 Å². The second-order valence-corrected chi connectivity index (χ2v) is 7.94. The van der Waals surface area contributed by atoms with Gasteiger partial charge in [0, 0.05) is 19.0 Å². The molecule has 0 atom stereocenters. The summed E-state index contributed by atoms with van der Waals surface area (Å²) >= 11 is 5.90. The lowest BCUT2D eigenvalue weighted by Crippen LogP contribution is -2.38. The number of alkyl halides is 1. The molecule has 1 fully saturated rings. The minimum Gasteiger partial charge on any atom is -0.207 e. The van der Waals surface area contributed by atoms with Crippen LogP contribution in [0.3, 0.4) is 0 Å². The second-order valence-electron chi connectivity index (χ2n) is 5.76. The summed E-state index contributed by atoms with van der Waals surface area (Å²) in [6.45, 7) is 7.22. The number of hydrogen-bond donors (Lipinski definition) is 0. The van der Waals surface area contributed by atoms with E-state index in [9.17, 15) is 8.42 Å². The third kappa shape index (κ3) is 3.02. The maximum atomic E-state index is 12.8. The van der Waals surface area contributed by atoms with Gasteiger partial charge < -0.3 is 0 Å². The number of piperidine rings is 1. The first-order valence-electron chi connectivity index (χ1n) is 7.02. The third-order valence-corrected chi connectivity index (χ3v) is 6.47. The highest BCUT2D eigenvalue weighted by Crippen LogP contribution is 2.27. The first-order chi connectivity index (χ1) is 9.36. The molecule has 112 valence electrons. The number of aryl methyl sites for hydroxylation is 2. The number of sulfonamides is 1. The topological polar surface area (TPSA) is 37.4 Å². The van der Waals surface area contributed by atoms with Crippen molar-refractivity contribution in [2.75, 3.05) is 13.1 Å². The Kier molecular flexibility index (Phi) is 4.77. The van der Waals surface area contributed by atoms with Gasteiger partial charge in [-0.1, -0.05) is 13.0 Å². The molecule has 2 rings (SSSR count). The van der Waals surface area contributed by atoms with Crippen LogP contribution < -0.4 is 0 Å². The van der Waals surface area contributed by atoms with E-state index in [4.69, 9.17) is 11.6 Å². The number of nitrogens with zero attached hydrogens (tertiary/aromatic N) is 1. The molecule has 3 nitrogen and oxygen atoms in total. The zero-order valence-electron chi connectivity index (χ0n) is 12.3. The third-order valence-electron chi connectivity index (χ3n) is 4.14. The maximum Gasteiger partial charge on any atom is 0.243 e. The van der Waals surface area contributed by atoms with Crippen molar-refractivity contribution in [3.8, 4) is 0 Å². The van der Waals surface area contributed by atoms with Crippen molar-refractivity contribution < 1.29 is 8.42 Å². The maximum absolute atomic E-state index is 12.8. The molecular formula is C15H22ClNO2S. The molecule has 1 aromatic rings. The number of rotatable bonds is 3. The Labute approximate surface area is 127 Å². The van der Waals surface area contributed by atoms with Gasteiger partial charge in [0.15, 0.2) is 0 Å². The van der Waals surface area contributed by atoms with Gasteiger partial charge in [0.1, 0.15) is 0 Å². The molecule has 1 aliphatic rings. The zero-order valence-corrected chi connectivity index (χ0v) is 13.9. The molecule has 5 heteroatoms. The summed E-state index contributed by atoms with van der Waals surface area (Å²) in [7, 11) is -3.39. The van der Waals surface area contributed by atoms with Gasteiger partial charge in [-0.15, -0.1) is 11.6 Å². The highest BCUT2D eigenvalue weighted by Gasteiger charge is 2.29. The lowest BCUT2D eigenvalue weighted by Gasteiger charge is -2.30. The zero-order chi connectivity index (χ0) is 14.9. The first kappa shape index (κ1) is 15.8. The number of hydrogen-bond acceptors (Lipinski definition) is 2. The van der Waals surface area contributed by atoms with Gasteiger partial charge in [0.25, 0.3) is 0 Å². The molecule has 0 saturated carbocycles. The van der Waals surface area contributed by atoms with Crippen LogP contribution in [-0.2, 0) is 15.9 Å². The Morgan fingerprint density at radius 2 is 1.80 bits per heavy atom. The highest BCUT2D eigenvalue weighted by atomic mass is 35.5. The molecule has 1 aliphatic heterocycles. The fourth-order valence-electron chi connectivity index (χ4n) is 2.66. The normalized spacial score (nSPS) is 18.4. The lowest BCUT2D eigenvalue weighted by atomic mass is 10.0. The molecule has 1 saturated heterocycles. The van der Waals surface area contributed by atoms with Crippen molar-refractivity contribution in [3.05, 3.63) is 28.8 Å². The Hall–Kier alpha value is -0.580. The van der Waals surface area contributed by atoms with E-state index in [1.54, 1.807) is 10.4 Å². The van der Waals surface area contributed by atoms with Crippen molar-refractivity contribution >= 4 is 21.6 Å². The van der Waals surface area contributed by atoms with E-state index in [2.05, 4.69) is 6.92 Å². The Morgan fingerprint density at radius 1 is 1.20 bits per heavy atom. The summed E-state index contributed by atoms with van der Waals surface area (Å²) in [5.41, 5.74) is 2.74. The van der Waals surface area contributed by atoms with Crippen LogP contribution in [0.2, 0.25) is 0 Å². The van der Waals surface area contributed by atoms with Crippen LogP contribution in [0.25, 0.3) is 0 Å². The van der Waals surface area contributed by atoms with Gasteiger partial charge in [-0.3, -0.25) is 0 Å². The van der Waals surface area contributed by atoms with Crippen molar-refractivity contribution in [1.82, 2.24) is 4.31 Å². The first-order valence-corrected chi connectivity index (χ1v) is 9.00. The fourth-order valence-corrected chi connectivity index (χ4v) is 4.68. The predicted molar refractivity (Wildman–Crippen MR) is 82.6 cm³/mol.